The van der Waals surface area contributed by atoms with Crippen molar-refractivity contribution >= 4 is 0 Å². The Morgan fingerprint density at radius 3 is 2.16 bits per heavy atom. The van der Waals surface area contributed by atoms with E-state index >= 15 is 0 Å². The number of aliphatic hydroxyl groups is 1. The van der Waals surface area contributed by atoms with Gasteiger partial charge in [0.05, 0.1) is 19.4 Å². The molecule has 0 aliphatic heterocycles. The van der Waals surface area contributed by atoms with E-state index in [9.17, 15) is 26.3 Å². The third-order valence-electron chi connectivity index (χ3n) is 1.90. The van der Waals surface area contributed by atoms with E-state index in [-0.39, 0.29) is 0 Å². The van der Waals surface area contributed by atoms with Gasteiger partial charge < -0.3 is 14.6 Å². The highest BCUT2D eigenvalue weighted by molar-refractivity contribution is 5.42. The van der Waals surface area contributed by atoms with Gasteiger partial charge in [-0.2, -0.15) is 13.2 Å². The van der Waals surface area contributed by atoms with Crippen LogP contribution in [0.3, 0.4) is 0 Å². The summed E-state index contributed by atoms with van der Waals surface area (Å²) in [7, 11) is 0.994. The molecule has 0 saturated carbocycles. The first-order valence-electron chi connectivity index (χ1n) is 4.60. The number of nitrogens with zero attached hydrogens (tertiary/aromatic N) is 1. The summed E-state index contributed by atoms with van der Waals surface area (Å²) < 4.78 is 81.9. The molecule has 0 aliphatic rings. The van der Waals surface area contributed by atoms with E-state index in [4.69, 9.17) is 5.11 Å². The van der Waals surface area contributed by atoms with Gasteiger partial charge in [0.1, 0.15) is 11.3 Å². The molecule has 1 N–H and O–H groups in total. The maximum absolute atomic E-state index is 12.7. The predicted molar refractivity (Wildman–Crippen MR) is 48.4 cm³/mol. The van der Waals surface area contributed by atoms with Gasteiger partial charge in [0.25, 0.3) is 0 Å². The topological polar surface area (TPSA) is 51.6 Å². The minimum absolute atomic E-state index is 0.343. The molecule has 0 aromatic carbocycles. The number of aromatic nitrogens is 1. The standard InChI is InChI=1S/C9H7F6NO3/c1-18-6-2-5(19-9(13,14)15)7(8(10,11)12)4(3-17)16-6/h2,17H,3H2,1H3. The van der Waals surface area contributed by atoms with Crippen LogP contribution in [0.2, 0.25) is 0 Å². The SMILES string of the molecule is COc1cc(OC(F)(F)F)c(C(F)(F)F)c(CO)n1. The minimum Gasteiger partial charge on any atom is -0.481 e. The molecule has 0 saturated heterocycles. The maximum atomic E-state index is 12.7. The molecule has 19 heavy (non-hydrogen) atoms. The second kappa shape index (κ2) is 5.11. The monoisotopic (exact) mass is 291 g/mol. The molecule has 108 valence electrons. The normalized spacial score (nSPS) is 12.4. The van der Waals surface area contributed by atoms with Gasteiger partial charge in [-0.15, -0.1) is 13.2 Å². The number of hydrogen-bond acceptors (Lipinski definition) is 4. The van der Waals surface area contributed by atoms with Gasteiger partial charge in [-0.25, -0.2) is 4.98 Å². The van der Waals surface area contributed by atoms with Crippen LogP contribution in [-0.4, -0.2) is 23.6 Å². The van der Waals surface area contributed by atoms with Gasteiger partial charge >= 0.3 is 12.5 Å². The van der Waals surface area contributed by atoms with E-state index in [1.165, 1.54) is 0 Å². The van der Waals surface area contributed by atoms with Crippen LogP contribution in [0.4, 0.5) is 26.3 Å². The van der Waals surface area contributed by atoms with E-state index in [2.05, 4.69) is 14.5 Å². The Labute approximate surface area is 102 Å². The van der Waals surface area contributed by atoms with Gasteiger partial charge in [-0.3, -0.25) is 0 Å². The Kier molecular flexibility index (Phi) is 4.13. The van der Waals surface area contributed by atoms with Crippen LogP contribution in [0.1, 0.15) is 11.3 Å². The first-order chi connectivity index (χ1) is 8.58. The van der Waals surface area contributed by atoms with Crippen molar-refractivity contribution in [3.8, 4) is 11.6 Å². The van der Waals surface area contributed by atoms with Crippen molar-refractivity contribution in [2.45, 2.75) is 19.1 Å². The Morgan fingerprint density at radius 1 is 1.21 bits per heavy atom. The molecule has 0 atom stereocenters. The number of halogens is 6. The van der Waals surface area contributed by atoms with E-state index in [0.717, 1.165) is 7.11 Å². The van der Waals surface area contributed by atoms with Gasteiger partial charge in [0, 0.05) is 6.07 Å². The number of rotatable bonds is 3. The summed E-state index contributed by atoms with van der Waals surface area (Å²) in [6, 6.07) is 0.343. The van der Waals surface area contributed by atoms with Crippen molar-refractivity contribution in [3.05, 3.63) is 17.3 Å². The molecule has 0 spiro atoms. The third kappa shape index (κ3) is 3.88. The Hall–Kier alpha value is -1.71. The molecule has 0 fully saturated rings. The Morgan fingerprint density at radius 2 is 1.79 bits per heavy atom. The Balaban J connectivity index is 3.47. The molecule has 0 amide bonds. The molecule has 0 unspecified atom stereocenters. The lowest BCUT2D eigenvalue weighted by molar-refractivity contribution is -0.276. The van der Waals surface area contributed by atoms with Gasteiger partial charge in [0.2, 0.25) is 5.88 Å². The van der Waals surface area contributed by atoms with Crippen molar-refractivity contribution in [2.24, 2.45) is 0 Å². The average Bonchev–Trinajstić information content (AvgIpc) is 2.23. The van der Waals surface area contributed by atoms with Crippen LogP contribution >= 0.6 is 0 Å². The highest BCUT2D eigenvalue weighted by Gasteiger charge is 2.42. The zero-order valence-electron chi connectivity index (χ0n) is 9.26. The highest BCUT2D eigenvalue weighted by Crippen LogP contribution is 2.41. The van der Waals surface area contributed by atoms with Crippen LogP contribution < -0.4 is 9.47 Å². The van der Waals surface area contributed by atoms with Crippen molar-refractivity contribution in [1.29, 1.82) is 0 Å². The highest BCUT2D eigenvalue weighted by atomic mass is 19.4. The van der Waals surface area contributed by atoms with Gasteiger partial charge in [-0.1, -0.05) is 0 Å². The van der Waals surface area contributed by atoms with E-state index < -0.39 is 42.0 Å². The molecule has 1 aromatic rings. The predicted octanol–water partition coefficient (Wildman–Crippen LogP) is 2.50. The summed E-state index contributed by atoms with van der Waals surface area (Å²) in [6.07, 6.45) is -10.5. The lowest BCUT2D eigenvalue weighted by Crippen LogP contribution is -2.22. The summed E-state index contributed by atoms with van der Waals surface area (Å²) in [6.45, 7) is -1.22. The maximum Gasteiger partial charge on any atom is 0.573 e. The van der Waals surface area contributed by atoms with E-state index in [0.29, 0.717) is 6.07 Å². The minimum atomic E-state index is -5.32. The summed E-state index contributed by atoms with van der Waals surface area (Å²) in [5.74, 6) is -2.08. The summed E-state index contributed by atoms with van der Waals surface area (Å²) in [5.41, 5.74) is -2.82. The molecule has 10 heteroatoms. The third-order valence-corrected chi connectivity index (χ3v) is 1.90. The van der Waals surface area contributed by atoms with Crippen molar-refractivity contribution in [1.82, 2.24) is 4.98 Å². The second-order valence-corrected chi connectivity index (χ2v) is 3.19. The van der Waals surface area contributed by atoms with Crippen molar-refractivity contribution < 1.29 is 40.9 Å². The first kappa shape index (κ1) is 15.3. The Bertz CT molecular complexity index is 456. The van der Waals surface area contributed by atoms with E-state index in [1.54, 1.807) is 0 Å². The largest absolute Gasteiger partial charge is 0.573 e. The molecule has 0 aliphatic carbocycles. The number of methoxy groups -OCH3 is 1. The fraction of sp³-hybridized carbons (Fsp3) is 0.444. The van der Waals surface area contributed by atoms with Gasteiger partial charge in [-0.05, 0) is 0 Å². The molecular formula is C9H7F6NO3. The molecule has 1 rings (SSSR count). The number of ether oxygens (including phenoxy) is 2. The quantitative estimate of drug-likeness (QED) is 0.869. The van der Waals surface area contributed by atoms with Crippen LogP contribution in [0, 0.1) is 0 Å². The number of alkyl halides is 6. The number of pyridine rings is 1. The van der Waals surface area contributed by atoms with Crippen LogP contribution in [0.5, 0.6) is 11.6 Å². The van der Waals surface area contributed by atoms with Gasteiger partial charge in [0.15, 0.2) is 0 Å². The lowest BCUT2D eigenvalue weighted by Gasteiger charge is -2.18. The average molecular weight is 291 g/mol. The van der Waals surface area contributed by atoms with Crippen LogP contribution in [-0.2, 0) is 12.8 Å². The second-order valence-electron chi connectivity index (χ2n) is 3.19. The fourth-order valence-electron chi connectivity index (χ4n) is 1.28. The summed E-state index contributed by atoms with van der Waals surface area (Å²) in [4.78, 5) is 3.23. The van der Waals surface area contributed by atoms with Crippen molar-refractivity contribution in [2.75, 3.05) is 7.11 Å². The molecule has 0 bridgehead atoms. The zero-order valence-corrected chi connectivity index (χ0v) is 9.26. The fourth-order valence-corrected chi connectivity index (χ4v) is 1.28. The molecule has 0 radical (unpaired) electrons. The lowest BCUT2D eigenvalue weighted by atomic mass is 10.1. The molecular weight excluding hydrogens is 284 g/mol. The van der Waals surface area contributed by atoms with Crippen LogP contribution in [0.15, 0.2) is 6.07 Å². The van der Waals surface area contributed by atoms with Crippen molar-refractivity contribution in [3.63, 3.8) is 0 Å². The molecule has 1 aromatic heterocycles. The molecule has 4 nitrogen and oxygen atoms in total. The number of aliphatic hydroxyl groups excluding tert-OH is 1. The smallest absolute Gasteiger partial charge is 0.481 e. The van der Waals surface area contributed by atoms with E-state index in [1.807, 2.05) is 0 Å². The van der Waals surface area contributed by atoms with Crippen LogP contribution in [0.25, 0.3) is 0 Å². The summed E-state index contributed by atoms with van der Waals surface area (Å²) >= 11 is 0. The molecule has 1 heterocycles. The zero-order chi connectivity index (χ0) is 14.8. The number of hydrogen-bond donors (Lipinski definition) is 1. The first-order valence-corrected chi connectivity index (χ1v) is 4.60. The summed E-state index contributed by atoms with van der Waals surface area (Å²) in [5, 5.41) is 8.77.